The van der Waals surface area contributed by atoms with E-state index >= 15 is 0 Å². The molecular formula is C9H17N3O3. The molecule has 0 bridgehead atoms. The zero-order valence-corrected chi connectivity index (χ0v) is 8.58. The van der Waals surface area contributed by atoms with E-state index in [-0.39, 0.29) is 18.4 Å². The normalized spacial score (nSPS) is 17.1. The van der Waals surface area contributed by atoms with Gasteiger partial charge < -0.3 is 21.1 Å². The summed E-state index contributed by atoms with van der Waals surface area (Å²) < 4.78 is 0. The predicted molar refractivity (Wildman–Crippen MR) is 54.6 cm³/mol. The molecule has 1 saturated heterocycles. The van der Waals surface area contributed by atoms with Gasteiger partial charge in [0.1, 0.15) is 0 Å². The van der Waals surface area contributed by atoms with Crippen LogP contribution >= 0.6 is 0 Å². The monoisotopic (exact) mass is 215 g/mol. The van der Waals surface area contributed by atoms with Crippen LogP contribution in [-0.2, 0) is 4.79 Å². The summed E-state index contributed by atoms with van der Waals surface area (Å²) >= 11 is 0. The van der Waals surface area contributed by atoms with E-state index in [2.05, 4.69) is 16.0 Å². The zero-order chi connectivity index (χ0) is 11.1. The Balaban J connectivity index is 2.09. The lowest BCUT2D eigenvalue weighted by atomic mass is 9.97. The summed E-state index contributed by atoms with van der Waals surface area (Å²) in [5, 5.41) is 16.4. The van der Waals surface area contributed by atoms with Gasteiger partial charge in [0.25, 0.3) is 0 Å². The molecule has 1 heterocycles. The first-order valence-corrected chi connectivity index (χ1v) is 5.15. The fraction of sp³-hybridized carbons (Fsp3) is 0.778. The minimum absolute atomic E-state index is 0.0312. The van der Waals surface area contributed by atoms with E-state index in [0.717, 1.165) is 25.9 Å². The molecule has 1 aliphatic heterocycles. The third kappa shape index (κ3) is 4.64. The first-order valence-electron chi connectivity index (χ1n) is 5.15. The van der Waals surface area contributed by atoms with Gasteiger partial charge in [0.15, 0.2) is 0 Å². The lowest BCUT2D eigenvalue weighted by molar-refractivity contribution is -0.125. The fourth-order valence-corrected chi connectivity index (χ4v) is 1.58. The van der Waals surface area contributed by atoms with Crippen LogP contribution in [0, 0.1) is 5.92 Å². The molecule has 2 amide bonds. The number of rotatable bonds is 4. The number of hydrogen-bond acceptors (Lipinski definition) is 3. The van der Waals surface area contributed by atoms with Crippen LogP contribution in [0.2, 0.25) is 0 Å². The van der Waals surface area contributed by atoms with Gasteiger partial charge in [-0.25, -0.2) is 4.79 Å². The van der Waals surface area contributed by atoms with Crippen LogP contribution < -0.4 is 16.0 Å². The van der Waals surface area contributed by atoms with Crippen molar-refractivity contribution in [3.63, 3.8) is 0 Å². The van der Waals surface area contributed by atoms with E-state index in [0.29, 0.717) is 6.54 Å². The third-order valence-corrected chi connectivity index (χ3v) is 2.41. The van der Waals surface area contributed by atoms with E-state index in [9.17, 15) is 9.59 Å². The number of nitrogens with one attached hydrogen (secondary N) is 3. The van der Waals surface area contributed by atoms with Crippen molar-refractivity contribution in [2.75, 3.05) is 26.2 Å². The van der Waals surface area contributed by atoms with Gasteiger partial charge in [-0.1, -0.05) is 0 Å². The number of carbonyl (C=O) groups excluding carboxylic acids is 1. The highest BCUT2D eigenvalue weighted by Crippen LogP contribution is 2.10. The second-order valence-electron chi connectivity index (χ2n) is 3.55. The van der Waals surface area contributed by atoms with Crippen molar-refractivity contribution in [3.8, 4) is 0 Å². The molecule has 0 aromatic carbocycles. The topological polar surface area (TPSA) is 90.5 Å². The Hall–Kier alpha value is -1.30. The van der Waals surface area contributed by atoms with Crippen molar-refractivity contribution in [2.45, 2.75) is 12.8 Å². The van der Waals surface area contributed by atoms with Crippen LogP contribution in [-0.4, -0.2) is 43.3 Å². The summed E-state index contributed by atoms with van der Waals surface area (Å²) in [6, 6.07) is 0. The molecule has 15 heavy (non-hydrogen) atoms. The van der Waals surface area contributed by atoms with Crippen LogP contribution in [0.5, 0.6) is 0 Å². The van der Waals surface area contributed by atoms with Gasteiger partial charge in [0, 0.05) is 19.0 Å². The average molecular weight is 215 g/mol. The molecule has 0 radical (unpaired) electrons. The largest absolute Gasteiger partial charge is 0.465 e. The predicted octanol–water partition coefficient (Wildman–Crippen LogP) is -0.630. The first kappa shape index (κ1) is 11.8. The van der Waals surface area contributed by atoms with E-state index in [4.69, 9.17) is 5.11 Å². The van der Waals surface area contributed by atoms with Crippen LogP contribution in [0.4, 0.5) is 4.79 Å². The molecule has 0 atom stereocenters. The summed E-state index contributed by atoms with van der Waals surface area (Å²) in [4.78, 5) is 21.6. The van der Waals surface area contributed by atoms with Crippen molar-refractivity contribution >= 4 is 12.0 Å². The van der Waals surface area contributed by atoms with Crippen molar-refractivity contribution in [2.24, 2.45) is 5.92 Å². The number of carboxylic acid groups (broad SMARTS) is 1. The maximum absolute atomic E-state index is 11.5. The second-order valence-corrected chi connectivity index (χ2v) is 3.55. The van der Waals surface area contributed by atoms with Gasteiger partial charge in [0.05, 0.1) is 0 Å². The summed E-state index contributed by atoms with van der Waals surface area (Å²) in [5.74, 6) is 0.111. The van der Waals surface area contributed by atoms with E-state index in [1.54, 1.807) is 0 Å². The Morgan fingerprint density at radius 2 is 1.80 bits per heavy atom. The quantitative estimate of drug-likeness (QED) is 0.470. The standard InChI is InChI=1S/C9H17N3O3/c13-8(7-1-3-10-4-2-7)11-5-6-12-9(14)15/h7,10,12H,1-6H2,(H,11,13)(H,14,15). The smallest absolute Gasteiger partial charge is 0.404 e. The minimum Gasteiger partial charge on any atom is -0.465 e. The molecule has 0 aliphatic carbocycles. The Morgan fingerprint density at radius 3 is 2.40 bits per heavy atom. The van der Waals surface area contributed by atoms with Crippen LogP contribution in [0.1, 0.15) is 12.8 Å². The lowest BCUT2D eigenvalue weighted by Crippen LogP contribution is -2.41. The second kappa shape index (κ2) is 6.23. The molecule has 0 aromatic heterocycles. The Bertz CT molecular complexity index is 227. The van der Waals surface area contributed by atoms with Crippen LogP contribution in [0.25, 0.3) is 0 Å². The minimum atomic E-state index is -1.06. The molecule has 1 aliphatic rings. The summed E-state index contributed by atoms with van der Waals surface area (Å²) in [5.41, 5.74) is 0. The highest BCUT2D eigenvalue weighted by atomic mass is 16.4. The molecule has 1 fully saturated rings. The molecule has 0 aromatic rings. The molecule has 86 valence electrons. The molecular weight excluding hydrogens is 198 g/mol. The Labute approximate surface area is 88.4 Å². The summed E-state index contributed by atoms with van der Waals surface area (Å²) in [6.45, 7) is 2.37. The van der Waals surface area contributed by atoms with Crippen molar-refractivity contribution in [1.82, 2.24) is 16.0 Å². The van der Waals surface area contributed by atoms with E-state index in [1.165, 1.54) is 0 Å². The molecule has 6 heteroatoms. The molecule has 4 N–H and O–H groups in total. The molecule has 1 rings (SSSR count). The molecule has 0 saturated carbocycles. The van der Waals surface area contributed by atoms with Gasteiger partial charge in [-0.3, -0.25) is 4.79 Å². The average Bonchev–Trinajstić information content (AvgIpc) is 2.25. The maximum atomic E-state index is 11.5. The van der Waals surface area contributed by atoms with Crippen molar-refractivity contribution in [3.05, 3.63) is 0 Å². The zero-order valence-electron chi connectivity index (χ0n) is 8.58. The maximum Gasteiger partial charge on any atom is 0.404 e. The SMILES string of the molecule is O=C(O)NCCNC(=O)C1CCNCC1. The summed E-state index contributed by atoms with van der Waals surface area (Å²) in [6.07, 6.45) is 0.655. The fourth-order valence-electron chi connectivity index (χ4n) is 1.58. The van der Waals surface area contributed by atoms with Crippen LogP contribution in [0.3, 0.4) is 0 Å². The number of piperidine rings is 1. The highest BCUT2D eigenvalue weighted by molar-refractivity contribution is 5.78. The first-order chi connectivity index (χ1) is 7.20. The van der Waals surface area contributed by atoms with E-state index in [1.807, 2.05) is 0 Å². The number of hydrogen-bond donors (Lipinski definition) is 4. The van der Waals surface area contributed by atoms with Gasteiger partial charge in [-0.15, -0.1) is 0 Å². The van der Waals surface area contributed by atoms with Gasteiger partial charge >= 0.3 is 6.09 Å². The van der Waals surface area contributed by atoms with Gasteiger partial charge in [0.2, 0.25) is 5.91 Å². The van der Waals surface area contributed by atoms with E-state index < -0.39 is 6.09 Å². The van der Waals surface area contributed by atoms with Crippen LogP contribution in [0.15, 0.2) is 0 Å². The van der Waals surface area contributed by atoms with Crippen molar-refractivity contribution < 1.29 is 14.7 Å². The summed E-state index contributed by atoms with van der Waals surface area (Å²) in [7, 11) is 0. The highest BCUT2D eigenvalue weighted by Gasteiger charge is 2.19. The Morgan fingerprint density at radius 1 is 1.20 bits per heavy atom. The molecule has 6 nitrogen and oxygen atoms in total. The number of carbonyl (C=O) groups is 2. The molecule has 0 unspecified atom stereocenters. The Kier molecular flexibility index (Phi) is 4.89. The lowest BCUT2D eigenvalue weighted by Gasteiger charge is -2.21. The van der Waals surface area contributed by atoms with Gasteiger partial charge in [-0.2, -0.15) is 0 Å². The van der Waals surface area contributed by atoms with Crippen molar-refractivity contribution in [1.29, 1.82) is 0 Å². The third-order valence-electron chi connectivity index (χ3n) is 2.41. The van der Waals surface area contributed by atoms with Gasteiger partial charge in [-0.05, 0) is 25.9 Å². The number of amides is 2. The molecule has 0 spiro atoms.